The number of carbonyl (C=O) groups excluding carboxylic acids is 1. The zero-order valence-electron chi connectivity index (χ0n) is 11.9. The average Bonchev–Trinajstić information content (AvgIpc) is 2.47. The lowest BCUT2D eigenvalue weighted by Gasteiger charge is -2.18. The lowest BCUT2D eigenvalue weighted by atomic mass is 9.89. The topological polar surface area (TPSA) is 26.3 Å². The van der Waals surface area contributed by atoms with Crippen molar-refractivity contribution in [2.45, 2.75) is 19.3 Å². The number of ether oxygens (including phenoxy) is 1. The molecule has 4 heteroatoms. The van der Waals surface area contributed by atoms with Gasteiger partial charge in [0.05, 0.1) is 13.0 Å². The van der Waals surface area contributed by atoms with Crippen LogP contribution in [0.1, 0.15) is 22.6 Å². The van der Waals surface area contributed by atoms with Gasteiger partial charge in [-0.15, -0.1) is 0 Å². The minimum absolute atomic E-state index is 0.268. The second-order valence-electron chi connectivity index (χ2n) is 4.87. The summed E-state index contributed by atoms with van der Waals surface area (Å²) in [5.41, 5.74) is 2.88. The van der Waals surface area contributed by atoms with Crippen LogP contribution in [0.15, 0.2) is 42.5 Å². The largest absolute Gasteiger partial charge is 0.469 e. The third kappa shape index (κ3) is 3.78. The number of carbonyl (C=O) groups is 1. The van der Waals surface area contributed by atoms with E-state index < -0.39 is 0 Å². The molecule has 0 bridgehead atoms. The second kappa shape index (κ2) is 6.97. The average molecular weight is 323 g/mol. The van der Waals surface area contributed by atoms with E-state index in [0.29, 0.717) is 16.5 Å². The molecule has 2 nitrogen and oxygen atoms in total. The molecule has 21 heavy (non-hydrogen) atoms. The number of hydrogen-bond acceptors (Lipinski definition) is 2. The van der Waals surface area contributed by atoms with Crippen molar-refractivity contribution in [3.05, 3.63) is 69.2 Å². The van der Waals surface area contributed by atoms with Crippen LogP contribution in [0.2, 0.25) is 10.0 Å². The summed E-state index contributed by atoms with van der Waals surface area (Å²) < 4.78 is 4.95. The van der Waals surface area contributed by atoms with Gasteiger partial charge in [-0.2, -0.15) is 0 Å². The highest BCUT2D eigenvalue weighted by Crippen LogP contribution is 2.29. The number of methoxy groups -OCH3 is 1. The Morgan fingerprint density at radius 3 is 2.52 bits per heavy atom. The Bertz CT molecular complexity index is 653. The monoisotopic (exact) mass is 322 g/mol. The maximum absolute atomic E-state index is 12.2. The molecule has 0 aliphatic heterocycles. The van der Waals surface area contributed by atoms with Gasteiger partial charge in [-0.3, -0.25) is 4.79 Å². The van der Waals surface area contributed by atoms with Crippen molar-refractivity contribution in [3.63, 3.8) is 0 Å². The maximum Gasteiger partial charge on any atom is 0.313 e. The number of halogens is 2. The number of benzene rings is 2. The first-order chi connectivity index (χ1) is 10.0. The first kappa shape index (κ1) is 15.9. The minimum Gasteiger partial charge on any atom is -0.469 e. The number of rotatable bonds is 4. The summed E-state index contributed by atoms with van der Waals surface area (Å²) in [6.07, 6.45) is 0.480. The molecule has 1 atom stereocenters. The molecule has 0 saturated heterocycles. The van der Waals surface area contributed by atoms with Gasteiger partial charge in [0, 0.05) is 10.0 Å². The van der Waals surface area contributed by atoms with Crippen LogP contribution in [0.5, 0.6) is 0 Å². The van der Waals surface area contributed by atoms with E-state index in [9.17, 15) is 4.79 Å². The molecule has 2 rings (SSSR count). The number of aryl methyl sites for hydroxylation is 1. The Hall–Kier alpha value is -1.51. The van der Waals surface area contributed by atoms with Crippen LogP contribution in [0, 0.1) is 6.92 Å². The van der Waals surface area contributed by atoms with Crippen LogP contribution in [-0.2, 0) is 16.0 Å². The van der Waals surface area contributed by atoms with Gasteiger partial charge in [0.1, 0.15) is 0 Å². The molecular weight excluding hydrogens is 307 g/mol. The van der Waals surface area contributed by atoms with Gasteiger partial charge in [0.15, 0.2) is 0 Å². The van der Waals surface area contributed by atoms with Crippen LogP contribution in [0.3, 0.4) is 0 Å². The fraction of sp³-hybridized carbons (Fsp3) is 0.235. The molecule has 0 N–H and O–H groups in total. The summed E-state index contributed by atoms with van der Waals surface area (Å²) in [6.45, 7) is 1.98. The van der Waals surface area contributed by atoms with Crippen LogP contribution < -0.4 is 0 Å². The normalized spacial score (nSPS) is 12.0. The standard InChI is InChI=1S/C17H16Cl2O2/c1-11-5-3-4-6-14(11)15(17(20)21-2)9-12-7-8-13(18)10-16(12)19/h3-8,10,15H,9H2,1-2H3/t15-/m1/s1. The predicted molar refractivity (Wildman–Crippen MR) is 86.1 cm³/mol. The van der Waals surface area contributed by atoms with E-state index >= 15 is 0 Å². The molecule has 2 aromatic carbocycles. The molecule has 0 aliphatic rings. The Kier molecular flexibility index (Phi) is 5.27. The van der Waals surface area contributed by atoms with Crippen molar-refractivity contribution < 1.29 is 9.53 Å². The van der Waals surface area contributed by atoms with Crippen molar-refractivity contribution in [1.82, 2.24) is 0 Å². The fourth-order valence-corrected chi connectivity index (χ4v) is 2.83. The number of esters is 1. The van der Waals surface area contributed by atoms with Crippen molar-refractivity contribution >= 4 is 29.2 Å². The van der Waals surface area contributed by atoms with E-state index in [-0.39, 0.29) is 11.9 Å². The zero-order valence-corrected chi connectivity index (χ0v) is 13.4. The molecule has 0 fully saturated rings. The van der Waals surface area contributed by atoms with E-state index in [1.807, 2.05) is 37.3 Å². The molecule has 0 aliphatic carbocycles. The maximum atomic E-state index is 12.2. The molecule has 0 amide bonds. The lowest BCUT2D eigenvalue weighted by Crippen LogP contribution is -2.18. The molecule has 2 aromatic rings. The fourth-order valence-electron chi connectivity index (χ4n) is 2.35. The SMILES string of the molecule is COC(=O)[C@H](Cc1ccc(Cl)cc1Cl)c1ccccc1C. The van der Waals surface area contributed by atoms with Crippen molar-refractivity contribution in [3.8, 4) is 0 Å². The van der Waals surface area contributed by atoms with Crippen molar-refractivity contribution in [2.24, 2.45) is 0 Å². The third-order valence-electron chi connectivity index (χ3n) is 3.49. The Morgan fingerprint density at radius 1 is 1.19 bits per heavy atom. The highest BCUT2D eigenvalue weighted by molar-refractivity contribution is 6.35. The molecular formula is C17H16Cl2O2. The second-order valence-corrected chi connectivity index (χ2v) is 5.72. The molecule has 0 spiro atoms. The Balaban J connectivity index is 2.38. The third-order valence-corrected chi connectivity index (χ3v) is 4.08. The predicted octanol–water partition coefficient (Wildman–Crippen LogP) is 4.80. The molecule has 110 valence electrons. The van der Waals surface area contributed by atoms with Gasteiger partial charge in [0.25, 0.3) is 0 Å². The van der Waals surface area contributed by atoms with Gasteiger partial charge in [0.2, 0.25) is 0 Å². The quantitative estimate of drug-likeness (QED) is 0.756. The molecule has 0 aromatic heterocycles. The summed E-state index contributed by atoms with van der Waals surface area (Å²) in [6, 6.07) is 13.1. The van der Waals surface area contributed by atoms with Gasteiger partial charge in [-0.05, 0) is 42.2 Å². The molecule has 0 unspecified atom stereocenters. The first-order valence-electron chi connectivity index (χ1n) is 6.60. The van der Waals surface area contributed by atoms with Gasteiger partial charge < -0.3 is 4.74 Å². The summed E-state index contributed by atoms with van der Waals surface area (Å²) in [7, 11) is 1.40. The lowest BCUT2D eigenvalue weighted by molar-refractivity contribution is -0.142. The van der Waals surface area contributed by atoms with Crippen LogP contribution in [0.25, 0.3) is 0 Å². The van der Waals surface area contributed by atoms with Crippen LogP contribution >= 0.6 is 23.2 Å². The van der Waals surface area contributed by atoms with Crippen LogP contribution in [0.4, 0.5) is 0 Å². The summed E-state index contributed by atoms with van der Waals surface area (Å²) in [4.78, 5) is 12.2. The van der Waals surface area contributed by atoms with Gasteiger partial charge in [-0.25, -0.2) is 0 Å². The summed E-state index contributed by atoms with van der Waals surface area (Å²) >= 11 is 12.1. The Morgan fingerprint density at radius 2 is 1.90 bits per heavy atom. The Labute approximate surface area is 134 Å². The van der Waals surface area contributed by atoms with E-state index in [0.717, 1.165) is 16.7 Å². The van der Waals surface area contributed by atoms with E-state index in [1.54, 1.807) is 12.1 Å². The van der Waals surface area contributed by atoms with E-state index in [2.05, 4.69) is 0 Å². The zero-order chi connectivity index (χ0) is 15.4. The summed E-state index contributed by atoms with van der Waals surface area (Å²) in [5, 5.41) is 1.14. The molecule has 0 radical (unpaired) electrons. The summed E-state index contributed by atoms with van der Waals surface area (Å²) in [5.74, 6) is -0.648. The smallest absolute Gasteiger partial charge is 0.313 e. The van der Waals surface area contributed by atoms with Crippen molar-refractivity contribution in [2.75, 3.05) is 7.11 Å². The number of hydrogen-bond donors (Lipinski definition) is 0. The van der Waals surface area contributed by atoms with Gasteiger partial charge in [-0.1, -0.05) is 53.5 Å². The van der Waals surface area contributed by atoms with Gasteiger partial charge >= 0.3 is 5.97 Å². The molecule has 0 saturated carbocycles. The van der Waals surface area contributed by atoms with E-state index in [1.165, 1.54) is 7.11 Å². The van der Waals surface area contributed by atoms with E-state index in [4.69, 9.17) is 27.9 Å². The molecule has 0 heterocycles. The minimum atomic E-state index is -0.380. The van der Waals surface area contributed by atoms with Crippen LogP contribution in [-0.4, -0.2) is 13.1 Å². The van der Waals surface area contributed by atoms with Crippen molar-refractivity contribution in [1.29, 1.82) is 0 Å². The first-order valence-corrected chi connectivity index (χ1v) is 7.35. The highest BCUT2D eigenvalue weighted by Gasteiger charge is 2.24. The highest BCUT2D eigenvalue weighted by atomic mass is 35.5.